The van der Waals surface area contributed by atoms with Crippen molar-refractivity contribution in [1.82, 2.24) is 10.2 Å². The lowest BCUT2D eigenvalue weighted by atomic mass is 9.91. The van der Waals surface area contributed by atoms with E-state index in [4.69, 9.17) is 0 Å². The Morgan fingerprint density at radius 3 is 2.42 bits per heavy atom. The number of carbonyl (C=O) groups excluding carboxylic acids is 1. The molecule has 132 valence electrons. The Bertz CT molecular complexity index is 553. The maximum absolute atomic E-state index is 12.5. The molecule has 1 saturated heterocycles. The van der Waals surface area contributed by atoms with Crippen molar-refractivity contribution in [3.05, 3.63) is 35.9 Å². The molecule has 1 aromatic carbocycles. The van der Waals surface area contributed by atoms with Gasteiger partial charge < -0.3 is 10.4 Å². The van der Waals surface area contributed by atoms with Crippen LogP contribution in [0.2, 0.25) is 0 Å². The van der Waals surface area contributed by atoms with Crippen molar-refractivity contribution >= 4 is 11.9 Å². The van der Waals surface area contributed by atoms with Crippen molar-refractivity contribution in [1.29, 1.82) is 0 Å². The molecule has 0 spiro atoms. The SMILES string of the molecule is CCCC(C)(NC(=O)C1CCN(Cc2ccccc2)CC1)C(=O)O. The molecular formula is C19H28N2O3. The number of carbonyl (C=O) groups is 2. The van der Waals surface area contributed by atoms with Gasteiger partial charge in [-0.1, -0.05) is 43.7 Å². The largest absolute Gasteiger partial charge is 0.480 e. The predicted molar refractivity (Wildman–Crippen MR) is 93.5 cm³/mol. The fourth-order valence-corrected chi connectivity index (χ4v) is 3.29. The molecule has 1 amide bonds. The van der Waals surface area contributed by atoms with Crippen molar-refractivity contribution in [2.24, 2.45) is 5.92 Å². The normalized spacial score (nSPS) is 18.8. The van der Waals surface area contributed by atoms with Crippen molar-refractivity contribution in [3.63, 3.8) is 0 Å². The van der Waals surface area contributed by atoms with Gasteiger partial charge in [-0.05, 0) is 44.8 Å². The number of carboxylic acid groups (broad SMARTS) is 1. The van der Waals surface area contributed by atoms with E-state index in [2.05, 4.69) is 22.3 Å². The first-order valence-electron chi connectivity index (χ1n) is 8.76. The zero-order valence-corrected chi connectivity index (χ0v) is 14.6. The Balaban J connectivity index is 1.85. The summed E-state index contributed by atoms with van der Waals surface area (Å²) in [5, 5.41) is 12.2. The van der Waals surface area contributed by atoms with Crippen LogP contribution in [0.4, 0.5) is 0 Å². The van der Waals surface area contributed by atoms with Crippen molar-refractivity contribution in [2.75, 3.05) is 13.1 Å². The first-order chi connectivity index (χ1) is 11.4. The molecule has 5 nitrogen and oxygen atoms in total. The van der Waals surface area contributed by atoms with E-state index in [1.54, 1.807) is 6.92 Å². The smallest absolute Gasteiger partial charge is 0.329 e. The van der Waals surface area contributed by atoms with Crippen molar-refractivity contribution in [3.8, 4) is 0 Å². The van der Waals surface area contributed by atoms with Crippen LogP contribution in [0.3, 0.4) is 0 Å². The molecule has 2 rings (SSSR count). The number of hydrogen-bond donors (Lipinski definition) is 2. The number of likely N-dealkylation sites (tertiary alicyclic amines) is 1. The molecule has 0 aliphatic carbocycles. The summed E-state index contributed by atoms with van der Waals surface area (Å²) in [5.74, 6) is -1.17. The highest BCUT2D eigenvalue weighted by Gasteiger charge is 2.36. The molecule has 24 heavy (non-hydrogen) atoms. The number of nitrogens with zero attached hydrogens (tertiary/aromatic N) is 1. The summed E-state index contributed by atoms with van der Waals surface area (Å²) >= 11 is 0. The second kappa shape index (κ2) is 8.29. The summed E-state index contributed by atoms with van der Waals surface area (Å²) in [4.78, 5) is 26.3. The van der Waals surface area contributed by atoms with E-state index in [1.165, 1.54) is 5.56 Å². The lowest BCUT2D eigenvalue weighted by Crippen LogP contribution is -2.54. The van der Waals surface area contributed by atoms with Gasteiger partial charge in [-0.3, -0.25) is 9.69 Å². The van der Waals surface area contributed by atoms with Crippen LogP contribution in [0.5, 0.6) is 0 Å². The first-order valence-corrected chi connectivity index (χ1v) is 8.76. The number of benzene rings is 1. The lowest BCUT2D eigenvalue weighted by Gasteiger charge is -2.33. The third kappa shape index (κ3) is 4.81. The Morgan fingerprint density at radius 1 is 1.25 bits per heavy atom. The molecule has 0 bridgehead atoms. The zero-order valence-electron chi connectivity index (χ0n) is 14.6. The van der Waals surface area contributed by atoms with Crippen LogP contribution in [0.25, 0.3) is 0 Å². The van der Waals surface area contributed by atoms with Crippen LogP contribution in [0.1, 0.15) is 45.1 Å². The van der Waals surface area contributed by atoms with E-state index in [0.29, 0.717) is 6.42 Å². The molecule has 1 aliphatic heterocycles. The third-order valence-electron chi connectivity index (χ3n) is 4.83. The van der Waals surface area contributed by atoms with Gasteiger partial charge in [-0.15, -0.1) is 0 Å². The molecule has 1 aromatic rings. The third-order valence-corrected chi connectivity index (χ3v) is 4.83. The van der Waals surface area contributed by atoms with Gasteiger partial charge in [0, 0.05) is 12.5 Å². The van der Waals surface area contributed by atoms with Crippen molar-refractivity contribution < 1.29 is 14.7 Å². The van der Waals surface area contributed by atoms with Gasteiger partial charge in [0.05, 0.1) is 0 Å². The highest BCUT2D eigenvalue weighted by molar-refractivity contribution is 5.87. The standard InChI is InChI=1S/C19H28N2O3/c1-3-11-19(2,18(23)24)20-17(22)16-9-12-21(13-10-16)14-15-7-5-4-6-8-15/h4-8,16H,3,9-14H2,1-2H3,(H,20,22)(H,23,24). The Labute approximate surface area is 144 Å². The topological polar surface area (TPSA) is 69.6 Å². The number of piperidine rings is 1. The van der Waals surface area contributed by atoms with Crippen LogP contribution >= 0.6 is 0 Å². The van der Waals surface area contributed by atoms with Gasteiger partial charge in [-0.2, -0.15) is 0 Å². The minimum atomic E-state index is -1.16. The molecule has 5 heteroatoms. The van der Waals surface area contributed by atoms with E-state index in [9.17, 15) is 14.7 Å². The van der Waals surface area contributed by atoms with Crippen LogP contribution in [0, 0.1) is 5.92 Å². The molecule has 1 fully saturated rings. The molecule has 0 radical (unpaired) electrons. The fourth-order valence-electron chi connectivity index (χ4n) is 3.29. The predicted octanol–water partition coefficient (Wildman–Crippen LogP) is 2.66. The molecule has 1 aliphatic rings. The summed E-state index contributed by atoms with van der Waals surface area (Å²) in [7, 11) is 0. The minimum absolute atomic E-state index is 0.0902. The molecule has 0 saturated carbocycles. The molecule has 1 heterocycles. The van der Waals surface area contributed by atoms with E-state index < -0.39 is 11.5 Å². The Kier molecular flexibility index (Phi) is 6.37. The lowest BCUT2D eigenvalue weighted by molar-refractivity contribution is -0.148. The number of aliphatic carboxylic acids is 1. The van der Waals surface area contributed by atoms with Gasteiger partial charge in [0.15, 0.2) is 0 Å². The highest BCUT2D eigenvalue weighted by atomic mass is 16.4. The molecule has 1 unspecified atom stereocenters. The van der Waals surface area contributed by atoms with Gasteiger partial charge >= 0.3 is 5.97 Å². The number of hydrogen-bond acceptors (Lipinski definition) is 3. The van der Waals surface area contributed by atoms with Crippen molar-refractivity contribution in [2.45, 2.75) is 51.6 Å². The van der Waals surface area contributed by atoms with Crippen LogP contribution < -0.4 is 5.32 Å². The average molecular weight is 332 g/mol. The van der Waals surface area contributed by atoms with E-state index in [1.807, 2.05) is 25.1 Å². The van der Waals surface area contributed by atoms with E-state index in [-0.39, 0.29) is 11.8 Å². The summed E-state index contributed by atoms with van der Waals surface area (Å²) in [5.41, 5.74) is 0.120. The molecule has 2 N–H and O–H groups in total. The first kappa shape index (κ1) is 18.5. The number of nitrogens with one attached hydrogen (secondary N) is 1. The summed E-state index contributed by atoms with van der Waals surface area (Å²) in [6.45, 7) is 6.16. The fraction of sp³-hybridized carbons (Fsp3) is 0.579. The van der Waals surface area contributed by atoms with Gasteiger partial charge in [0.25, 0.3) is 0 Å². The number of amides is 1. The maximum atomic E-state index is 12.5. The van der Waals surface area contributed by atoms with Gasteiger partial charge in [0.2, 0.25) is 5.91 Å². The molecule has 1 atom stereocenters. The minimum Gasteiger partial charge on any atom is -0.480 e. The Hall–Kier alpha value is -1.88. The number of carboxylic acids is 1. The summed E-state index contributed by atoms with van der Waals surface area (Å²) in [6.07, 6.45) is 2.72. The van der Waals surface area contributed by atoms with Gasteiger partial charge in [0.1, 0.15) is 5.54 Å². The Morgan fingerprint density at radius 2 is 1.88 bits per heavy atom. The second-order valence-electron chi connectivity index (χ2n) is 6.91. The highest BCUT2D eigenvalue weighted by Crippen LogP contribution is 2.21. The van der Waals surface area contributed by atoms with E-state index in [0.717, 1.165) is 38.9 Å². The maximum Gasteiger partial charge on any atom is 0.329 e. The summed E-state index contributed by atoms with van der Waals surface area (Å²) < 4.78 is 0. The van der Waals surface area contributed by atoms with Crippen LogP contribution in [-0.2, 0) is 16.1 Å². The second-order valence-corrected chi connectivity index (χ2v) is 6.91. The molecular weight excluding hydrogens is 304 g/mol. The summed E-state index contributed by atoms with van der Waals surface area (Å²) in [6, 6.07) is 10.3. The quantitative estimate of drug-likeness (QED) is 0.805. The number of rotatable bonds is 7. The van der Waals surface area contributed by atoms with Crippen LogP contribution in [-0.4, -0.2) is 40.5 Å². The van der Waals surface area contributed by atoms with E-state index >= 15 is 0 Å². The molecule has 0 aromatic heterocycles. The average Bonchev–Trinajstić information content (AvgIpc) is 2.56. The monoisotopic (exact) mass is 332 g/mol. The zero-order chi connectivity index (χ0) is 17.6. The van der Waals surface area contributed by atoms with Crippen LogP contribution in [0.15, 0.2) is 30.3 Å². The van der Waals surface area contributed by atoms with Gasteiger partial charge in [-0.25, -0.2) is 4.79 Å².